The zero-order chi connectivity index (χ0) is 50.8. The molecule has 22 heteroatoms. The predicted octanol–water partition coefficient (Wildman–Crippen LogP) is -2.16. The molecular formula is C46H82N10O12. The fourth-order valence-electron chi connectivity index (χ4n) is 8.39. The number of carbonyl (C=O) groups is 8. The molecule has 3 heterocycles. The van der Waals surface area contributed by atoms with Gasteiger partial charge in [-0.2, -0.15) is 0 Å². The molecule has 3 saturated heterocycles. The summed E-state index contributed by atoms with van der Waals surface area (Å²) < 4.78 is 12.0. The van der Waals surface area contributed by atoms with Gasteiger partial charge < -0.3 is 73.7 Å². The van der Waals surface area contributed by atoms with E-state index in [0.29, 0.717) is 12.8 Å². The summed E-state index contributed by atoms with van der Waals surface area (Å²) >= 11 is 0. The largest absolute Gasteiger partial charge is 0.390 e. The molecule has 12 atom stereocenters. The van der Waals surface area contributed by atoms with Crippen LogP contribution in [0.5, 0.6) is 0 Å². The van der Waals surface area contributed by atoms with Crippen LogP contribution in [0, 0.1) is 23.7 Å². The van der Waals surface area contributed by atoms with Gasteiger partial charge in [-0.05, 0) is 101 Å². The zero-order valence-corrected chi connectivity index (χ0v) is 41.3. The highest BCUT2D eigenvalue weighted by Crippen LogP contribution is 2.22. The van der Waals surface area contributed by atoms with Crippen LogP contribution in [0.3, 0.4) is 0 Å². The van der Waals surface area contributed by atoms with Crippen molar-refractivity contribution in [3.63, 3.8) is 0 Å². The monoisotopic (exact) mass is 967 g/mol. The van der Waals surface area contributed by atoms with Crippen LogP contribution in [0.25, 0.3) is 0 Å². The Labute approximate surface area is 400 Å². The lowest BCUT2D eigenvalue weighted by Crippen LogP contribution is -2.61. The Morgan fingerprint density at radius 3 is 1.12 bits per heavy atom. The molecule has 8 amide bonds. The van der Waals surface area contributed by atoms with Gasteiger partial charge in [0, 0.05) is 13.1 Å². The maximum atomic E-state index is 13.9. The third-order valence-electron chi connectivity index (χ3n) is 12.3. The quantitative estimate of drug-likeness (QED) is 0.0992. The van der Waals surface area contributed by atoms with Crippen LogP contribution < -0.4 is 54.0 Å². The SMILES string of the molecule is CC(C)C[C@@H]1NC(=O)[C@H](CCCN)NC(=O)[C@H](C(C)C)NC(=O)[C@H]2O[C@H](CC[C@@H]2O)CNC(=O)[C@H](CC(C)C)NC(=O)[C@H](CCCN)NC(=O)[C@H](C(C)C)NC(=O)[C@H]2O[C@H](CC[C@@H]2O)CNC1=O. The van der Waals surface area contributed by atoms with Gasteiger partial charge in [-0.25, -0.2) is 0 Å². The number of nitrogens with two attached hydrogens (primary N) is 2. The number of hydrogen-bond acceptors (Lipinski definition) is 14. The van der Waals surface area contributed by atoms with E-state index in [1.807, 2.05) is 27.7 Å². The first-order chi connectivity index (χ1) is 32.1. The van der Waals surface area contributed by atoms with Crippen molar-refractivity contribution in [2.75, 3.05) is 26.2 Å². The Hall–Kier alpha value is -4.48. The number of ether oxygens (including phenoxy) is 2. The predicted molar refractivity (Wildman–Crippen MR) is 251 cm³/mol. The molecule has 3 fully saturated rings. The zero-order valence-electron chi connectivity index (χ0n) is 41.3. The molecule has 0 aliphatic carbocycles. The molecule has 0 radical (unpaired) electrons. The van der Waals surface area contributed by atoms with Gasteiger partial charge in [-0.1, -0.05) is 55.4 Å². The van der Waals surface area contributed by atoms with Crippen molar-refractivity contribution >= 4 is 47.3 Å². The molecule has 3 rings (SSSR count). The van der Waals surface area contributed by atoms with E-state index in [2.05, 4.69) is 42.5 Å². The third-order valence-corrected chi connectivity index (χ3v) is 12.3. The highest BCUT2D eigenvalue weighted by atomic mass is 16.5. The van der Waals surface area contributed by atoms with Gasteiger partial charge in [0.25, 0.3) is 11.8 Å². The van der Waals surface area contributed by atoms with E-state index in [-0.39, 0.29) is 89.4 Å². The second kappa shape index (κ2) is 28.3. The molecule has 68 heavy (non-hydrogen) atoms. The summed E-state index contributed by atoms with van der Waals surface area (Å²) in [7, 11) is 0. The molecule has 388 valence electrons. The number of aliphatic hydroxyl groups excluding tert-OH is 2. The minimum Gasteiger partial charge on any atom is -0.390 e. The van der Waals surface area contributed by atoms with E-state index in [9.17, 15) is 48.6 Å². The standard InChI is InChI=1S/C46H82N10O12/c1-23(2)19-31-39(59)49-21-27-13-15-33(57)37(67-27)45(65)56-36(26(7)8)44(64)52-30(12-10-18-48)42(62)54-32(20-24(3)4)40(60)50-22-28-14-16-34(58)38(68-28)46(66)55-35(25(5)6)43(63)51-29(11-9-17-47)41(61)53-31/h23-38,57-58H,9-22,47-48H2,1-8H3,(H,49,59)(H,50,60)(H,51,63)(H,52,64)(H,53,61)(H,54,62)(H,55,66)(H,56,65)/t27-,28-,29+,30+,31+,32+,33+,34+,35+,36+,37+,38+/m1/s1. The minimum atomic E-state index is -1.42. The molecule has 0 aromatic heterocycles. The van der Waals surface area contributed by atoms with Crippen LogP contribution in [0.4, 0.5) is 0 Å². The molecule has 4 bridgehead atoms. The smallest absolute Gasteiger partial charge is 0.252 e. The average Bonchev–Trinajstić information content (AvgIpc) is 3.27. The van der Waals surface area contributed by atoms with Gasteiger partial charge >= 0.3 is 0 Å². The summed E-state index contributed by atoms with van der Waals surface area (Å²) in [6.45, 7) is 14.5. The van der Waals surface area contributed by atoms with Crippen molar-refractivity contribution in [1.82, 2.24) is 42.5 Å². The number of nitrogens with one attached hydrogen (secondary N) is 8. The second-order valence-electron chi connectivity index (χ2n) is 20.0. The van der Waals surface area contributed by atoms with E-state index in [1.165, 1.54) is 0 Å². The van der Waals surface area contributed by atoms with E-state index >= 15 is 0 Å². The number of hydrogen-bond donors (Lipinski definition) is 12. The first kappa shape index (κ1) is 57.8. The summed E-state index contributed by atoms with van der Waals surface area (Å²) in [6, 6.07) is -6.79. The maximum Gasteiger partial charge on any atom is 0.252 e. The summed E-state index contributed by atoms with van der Waals surface area (Å²) in [6.07, 6.45) is -4.69. The van der Waals surface area contributed by atoms with E-state index < -0.39 is 132 Å². The molecule has 22 nitrogen and oxygen atoms in total. The molecule has 0 aromatic rings. The Kier molecular flexibility index (Phi) is 24.0. The number of fused-ring (bicyclic) bond motifs is 4. The Bertz CT molecular complexity index is 1580. The van der Waals surface area contributed by atoms with Crippen molar-refractivity contribution in [2.45, 2.75) is 192 Å². The fraction of sp³-hybridized carbons (Fsp3) is 0.826. The van der Waals surface area contributed by atoms with Crippen LogP contribution in [0.15, 0.2) is 0 Å². The highest BCUT2D eigenvalue weighted by Gasteiger charge is 2.41. The lowest BCUT2D eigenvalue weighted by molar-refractivity contribution is -0.160. The number of aliphatic hydroxyl groups is 2. The molecule has 0 aromatic carbocycles. The highest BCUT2D eigenvalue weighted by molar-refractivity contribution is 5.96. The van der Waals surface area contributed by atoms with Gasteiger partial charge in [-0.3, -0.25) is 38.4 Å². The molecule has 14 N–H and O–H groups in total. The number of rotatable bonds is 12. The Balaban J connectivity index is 2.01. The summed E-state index contributed by atoms with van der Waals surface area (Å²) in [5, 5.41) is 43.8. The van der Waals surface area contributed by atoms with Gasteiger partial charge in [0.15, 0.2) is 12.2 Å². The molecule has 3 aliphatic heterocycles. The van der Waals surface area contributed by atoms with Crippen molar-refractivity contribution in [3.05, 3.63) is 0 Å². The lowest BCUT2D eigenvalue weighted by Gasteiger charge is -2.35. The normalized spacial score (nSPS) is 31.8. The van der Waals surface area contributed by atoms with Crippen LogP contribution >= 0.6 is 0 Å². The number of amides is 8. The van der Waals surface area contributed by atoms with Gasteiger partial charge in [-0.15, -0.1) is 0 Å². The third kappa shape index (κ3) is 18.1. The molecule has 0 saturated carbocycles. The van der Waals surface area contributed by atoms with Crippen LogP contribution in [-0.2, 0) is 47.8 Å². The van der Waals surface area contributed by atoms with E-state index in [1.54, 1.807) is 27.7 Å². The van der Waals surface area contributed by atoms with Gasteiger partial charge in [0.05, 0.1) is 24.4 Å². The Morgan fingerprint density at radius 2 is 0.809 bits per heavy atom. The molecule has 0 spiro atoms. The van der Waals surface area contributed by atoms with Crippen molar-refractivity contribution in [1.29, 1.82) is 0 Å². The first-order valence-corrected chi connectivity index (χ1v) is 24.5. The first-order valence-electron chi connectivity index (χ1n) is 24.5. The van der Waals surface area contributed by atoms with Gasteiger partial charge in [0.2, 0.25) is 35.4 Å². The summed E-state index contributed by atoms with van der Waals surface area (Å²) in [4.78, 5) is 111. The fourth-order valence-corrected chi connectivity index (χ4v) is 8.39. The van der Waals surface area contributed by atoms with Crippen LogP contribution in [0.2, 0.25) is 0 Å². The lowest BCUT2D eigenvalue weighted by atomic mass is 9.97. The Morgan fingerprint density at radius 1 is 0.471 bits per heavy atom. The van der Waals surface area contributed by atoms with Crippen molar-refractivity contribution < 1.29 is 58.0 Å². The van der Waals surface area contributed by atoms with Gasteiger partial charge in [0.1, 0.15) is 36.3 Å². The molecular weight excluding hydrogens is 885 g/mol. The van der Waals surface area contributed by atoms with E-state index in [4.69, 9.17) is 20.9 Å². The summed E-state index contributed by atoms with van der Waals surface area (Å²) in [5.74, 6) is -6.49. The van der Waals surface area contributed by atoms with Crippen molar-refractivity contribution in [2.24, 2.45) is 35.1 Å². The maximum absolute atomic E-state index is 13.9. The van der Waals surface area contributed by atoms with E-state index in [0.717, 1.165) is 0 Å². The second-order valence-corrected chi connectivity index (χ2v) is 20.0. The summed E-state index contributed by atoms with van der Waals surface area (Å²) in [5.41, 5.74) is 11.6. The molecule has 3 aliphatic rings. The van der Waals surface area contributed by atoms with Crippen LogP contribution in [-0.4, -0.2) is 157 Å². The number of carbonyl (C=O) groups excluding carboxylic acids is 8. The molecule has 0 unspecified atom stereocenters. The topological polar surface area (TPSA) is 344 Å². The minimum absolute atomic E-state index is 0.0629. The average molecular weight is 967 g/mol. The van der Waals surface area contributed by atoms with Crippen LogP contribution in [0.1, 0.15) is 120 Å². The van der Waals surface area contributed by atoms with Crippen molar-refractivity contribution in [3.8, 4) is 0 Å².